The second-order valence-corrected chi connectivity index (χ2v) is 7.37. The molecule has 0 radical (unpaired) electrons. The first-order chi connectivity index (χ1) is 9.54. The summed E-state index contributed by atoms with van der Waals surface area (Å²) < 4.78 is 5.72. The van der Waals surface area contributed by atoms with Crippen molar-refractivity contribution in [3.05, 3.63) is 0 Å². The first-order valence-corrected chi connectivity index (χ1v) is 8.59. The molecule has 118 valence electrons. The highest BCUT2D eigenvalue weighted by molar-refractivity contribution is 5.00. The van der Waals surface area contributed by atoms with E-state index in [1.807, 2.05) is 0 Å². The zero-order chi connectivity index (χ0) is 14.6. The van der Waals surface area contributed by atoms with E-state index >= 15 is 0 Å². The molecule has 1 aliphatic heterocycles. The van der Waals surface area contributed by atoms with Gasteiger partial charge >= 0.3 is 0 Å². The van der Waals surface area contributed by atoms with Crippen LogP contribution in [0.3, 0.4) is 0 Å². The first-order valence-electron chi connectivity index (χ1n) is 8.59. The Morgan fingerprint density at radius 2 is 2.10 bits per heavy atom. The second-order valence-electron chi connectivity index (χ2n) is 7.37. The molecule has 4 atom stereocenters. The second kappa shape index (κ2) is 7.24. The van der Waals surface area contributed by atoms with Crippen molar-refractivity contribution in [2.45, 2.75) is 82.4 Å². The summed E-state index contributed by atoms with van der Waals surface area (Å²) in [5.74, 6) is 0.815. The topological polar surface area (TPSA) is 38.5 Å². The highest BCUT2D eigenvalue weighted by atomic mass is 16.5. The maximum atomic E-state index is 6.65. The van der Waals surface area contributed by atoms with Crippen LogP contribution in [0, 0.1) is 5.92 Å². The lowest BCUT2D eigenvalue weighted by Gasteiger charge is -2.49. The third kappa shape index (κ3) is 3.75. The molecule has 0 bridgehead atoms. The van der Waals surface area contributed by atoms with Crippen LogP contribution in [-0.2, 0) is 4.74 Å². The monoisotopic (exact) mass is 282 g/mol. The Balaban J connectivity index is 1.84. The van der Waals surface area contributed by atoms with Crippen LogP contribution < -0.4 is 5.73 Å². The van der Waals surface area contributed by atoms with Crippen molar-refractivity contribution in [2.24, 2.45) is 11.7 Å². The highest BCUT2D eigenvalue weighted by Crippen LogP contribution is 2.38. The molecule has 20 heavy (non-hydrogen) atoms. The minimum absolute atomic E-state index is 0.230. The Morgan fingerprint density at radius 1 is 1.30 bits per heavy atom. The van der Waals surface area contributed by atoms with Crippen LogP contribution >= 0.6 is 0 Å². The standard InChI is InChI=1S/C17H34N2O/c1-14-7-5-11-17(13-14,19(2)3)16(18)10-4-8-15-9-6-12-20-15/h14-16H,4-13,18H2,1-3H3. The van der Waals surface area contributed by atoms with E-state index in [2.05, 4.69) is 25.9 Å². The lowest BCUT2D eigenvalue weighted by molar-refractivity contribution is 0.0441. The summed E-state index contributed by atoms with van der Waals surface area (Å²) in [5.41, 5.74) is 6.88. The third-order valence-corrected chi connectivity index (χ3v) is 5.65. The first kappa shape index (κ1) is 16.3. The Hall–Kier alpha value is -0.120. The number of rotatable bonds is 6. The zero-order valence-electron chi connectivity index (χ0n) is 13.7. The van der Waals surface area contributed by atoms with Crippen molar-refractivity contribution < 1.29 is 4.74 Å². The number of nitrogens with two attached hydrogens (primary N) is 1. The van der Waals surface area contributed by atoms with Crippen molar-refractivity contribution in [1.82, 2.24) is 4.90 Å². The van der Waals surface area contributed by atoms with Gasteiger partial charge in [-0.1, -0.05) is 19.8 Å². The van der Waals surface area contributed by atoms with Crippen LogP contribution in [0.2, 0.25) is 0 Å². The van der Waals surface area contributed by atoms with Gasteiger partial charge in [-0.25, -0.2) is 0 Å². The predicted octanol–water partition coefficient (Wildman–Crippen LogP) is 3.17. The lowest BCUT2D eigenvalue weighted by Crippen LogP contribution is -2.59. The van der Waals surface area contributed by atoms with Gasteiger partial charge in [0.2, 0.25) is 0 Å². The molecule has 3 heteroatoms. The van der Waals surface area contributed by atoms with Crippen molar-refractivity contribution in [3.8, 4) is 0 Å². The Morgan fingerprint density at radius 3 is 2.70 bits per heavy atom. The van der Waals surface area contributed by atoms with Gasteiger partial charge in [0.1, 0.15) is 0 Å². The minimum atomic E-state index is 0.230. The van der Waals surface area contributed by atoms with Gasteiger partial charge in [0, 0.05) is 18.2 Å². The van der Waals surface area contributed by atoms with Gasteiger partial charge in [0.15, 0.2) is 0 Å². The van der Waals surface area contributed by atoms with Crippen molar-refractivity contribution in [1.29, 1.82) is 0 Å². The van der Waals surface area contributed by atoms with Crippen LogP contribution in [0.15, 0.2) is 0 Å². The maximum Gasteiger partial charge on any atom is 0.0576 e. The molecule has 1 saturated heterocycles. The van der Waals surface area contributed by atoms with Crippen LogP contribution in [-0.4, -0.2) is 43.3 Å². The van der Waals surface area contributed by atoms with E-state index in [1.165, 1.54) is 51.4 Å². The molecule has 0 spiro atoms. The van der Waals surface area contributed by atoms with E-state index < -0.39 is 0 Å². The van der Waals surface area contributed by atoms with Crippen molar-refractivity contribution in [3.63, 3.8) is 0 Å². The van der Waals surface area contributed by atoms with Gasteiger partial charge < -0.3 is 15.4 Å². The molecular weight excluding hydrogens is 248 g/mol. The molecule has 2 aliphatic rings. The Kier molecular flexibility index (Phi) is 5.88. The fourth-order valence-electron chi connectivity index (χ4n) is 4.34. The molecule has 0 aromatic rings. The van der Waals surface area contributed by atoms with E-state index in [1.54, 1.807) is 0 Å². The lowest BCUT2D eigenvalue weighted by atomic mass is 9.70. The summed E-state index contributed by atoms with van der Waals surface area (Å²) in [5, 5.41) is 0. The SMILES string of the molecule is CC1CCCC(C(N)CCCC2CCCO2)(N(C)C)C1. The molecule has 0 amide bonds. The molecule has 2 N–H and O–H groups in total. The Labute approximate surface area is 125 Å². The largest absolute Gasteiger partial charge is 0.378 e. The third-order valence-electron chi connectivity index (χ3n) is 5.65. The molecule has 1 aliphatic carbocycles. The molecule has 2 rings (SSSR count). The number of hydrogen-bond acceptors (Lipinski definition) is 3. The predicted molar refractivity (Wildman–Crippen MR) is 84.9 cm³/mol. The number of hydrogen-bond donors (Lipinski definition) is 1. The fraction of sp³-hybridized carbons (Fsp3) is 1.00. The van der Waals surface area contributed by atoms with E-state index in [4.69, 9.17) is 10.5 Å². The summed E-state index contributed by atoms with van der Waals surface area (Å²) in [4.78, 5) is 2.42. The highest BCUT2D eigenvalue weighted by Gasteiger charge is 2.41. The van der Waals surface area contributed by atoms with Crippen molar-refractivity contribution in [2.75, 3.05) is 20.7 Å². The average molecular weight is 282 g/mol. The van der Waals surface area contributed by atoms with Crippen LogP contribution in [0.1, 0.15) is 64.7 Å². The normalized spacial score (nSPS) is 36.5. The molecular formula is C17H34N2O. The van der Waals surface area contributed by atoms with E-state index in [-0.39, 0.29) is 5.54 Å². The van der Waals surface area contributed by atoms with E-state index in [0.29, 0.717) is 12.1 Å². The van der Waals surface area contributed by atoms with Gasteiger partial charge in [-0.05, 0) is 65.0 Å². The molecule has 1 heterocycles. The quantitative estimate of drug-likeness (QED) is 0.813. The van der Waals surface area contributed by atoms with Crippen LogP contribution in [0.25, 0.3) is 0 Å². The van der Waals surface area contributed by atoms with Gasteiger partial charge in [-0.2, -0.15) is 0 Å². The maximum absolute atomic E-state index is 6.65. The molecule has 2 fully saturated rings. The van der Waals surface area contributed by atoms with E-state index in [0.717, 1.165) is 18.9 Å². The summed E-state index contributed by atoms with van der Waals surface area (Å²) in [7, 11) is 4.44. The molecule has 0 aromatic heterocycles. The van der Waals surface area contributed by atoms with Gasteiger partial charge in [-0.15, -0.1) is 0 Å². The average Bonchev–Trinajstić information content (AvgIpc) is 2.91. The molecule has 4 unspecified atom stereocenters. The molecule has 1 saturated carbocycles. The van der Waals surface area contributed by atoms with Gasteiger partial charge in [-0.3, -0.25) is 0 Å². The van der Waals surface area contributed by atoms with Crippen LogP contribution in [0.4, 0.5) is 0 Å². The van der Waals surface area contributed by atoms with Crippen molar-refractivity contribution >= 4 is 0 Å². The summed E-state index contributed by atoms with van der Waals surface area (Å²) >= 11 is 0. The van der Waals surface area contributed by atoms with Gasteiger partial charge in [0.05, 0.1) is 6.10 Å². The smallest absolute Gasteiger partial charge is 0.0576 e. The number of likely N-dealkylation sites (N-methyl/N-ethyl adjacent to an activating group) is 1. The summed E-state index contributed by atoms with van der Waals surface area (Å²) in [6, 6.07) is 0.307. The van der Waals surface area contributed by atoms with Gasteiger partial charge in [0.25, 0.3) is 0 Å². The number of nitrogens with zero attached hydrogens (tertiary/aromatic N) is 1. The fourth-order valence-corrected chi connectivity index (χ4v) is 4.34. The Bertz CT molecular complexity index is 289. The summed E-state index contributed by atoms with van der Waals surface area (Å²) in [6.07, 6.45) is 11.8. The van der Waals surface area contributed by atoms with Crippen LogP contribution in [0.5, 0.6) is 0 Å². The zero-order valence-corrected chi connectivity index (χ0v) is 13.7. The van der Waals surface area contributed by atoms with E-state index in [9.17, 15) is 0 Å². The molecule has 3 nitrogen and oxygen atoms in total. The minimum Gasteiger partial charge on any atom is -0.378 e. The summed E-state index contributed by atoms with van der Waals surface area (Å²) in [6.45, 7) is 3.35. The molecule has 0 aromatic carbocycles. The number of ether oxygens (including phenoxy) is 1.